The smallest absolute Gasteiger partial charge is 0.126 e. The first-order valence-electron chi connectivity index (χ1n) is 39.3. The third-order valence-electron chi connectivity index (χ3n) is 20.3. The lowest BCUT2D eigenvalue weighted by Crippen LogP contribution is -2.18. The second kappa shape index (κ2) is 48.8. The van der Waals surface area contributed by atoms with Crippen LogP contribution in [-0.2, 0) is 28.4 Å². The number of unbranched alkanes of at least 4 members (excludes halogenated alkanes) is 24. The van der Waals surface area contributed by atoms with E-state index in [1.54, 1.807) is 0 Å². The summed E-state index contributed by atoms with van der Waals surface area (Å²) in [6.07, 6.45) is 36.4. The zero-order chi connectivity index (χ0) is 69.0. The summed E-state index contributed by atoms with van der Waals surface area (Å²) in [7, 11) is 7.28. The number of hydrogen-bond donors (Lipinski definition) is 0. The van der Waals surface area contributed by atoms with E-state index in [4.69, 9.17) is 66.3 Å². The van der Waals surface area contributed by atoms with Crippen LogP contribution in [0.2, 0.25) is 0 Å². The molecule has 0 aromatic heterocycles. The van der Waals surface area contributed by atoms with E-state index in [2.05, 4.69) is 76.2 Å². The maximum Gasteiger partial charge on any atom is 0.126 e. The summed E-state index contributed by atoms with van der Waals surface area (Å²) in [6, 6.07) is 18.6. The molecule has 0 N–H and O–H groups in total. The summed E-state index contributed by atoms with van der Waals surface area (Å²) >= 11 is 0. The van der Waals surface area contributed by atoms with Gasteiger partial charge in [0.05, 0.1) is 108 Å². The number of methoxy groups -OCH3 is 4. The molecule has 4 aliphatic rings. The van der Waals surface area contributed by atoms with Crippen molar-refractivity contribution in [3.63, 3.8) is 0 Å². The van der Waals surface area contributed by atoms with Crippen molar-refractivity contribution < 1.29 is 66.3 Å². The van der Waals surface area contributed by atoms with Crippen LogP contribution in [-0.4, -0.2) is 134 Å². The van der Waals surface area contributed by atoms with Gasteiger partial charge in [-0.15, -0.1) is 0 Å². The summed E-state index contributed by atoms with van der Waals surface area (Å²) in [5.41, 5.74) is 8.78. The van der Waals surface area contributed by atoms with Crippen LogP contribution in [0.1, 0.15) is 301 Å². The number of ether oxygens (including phenoxy) is 14. The van der Waals surface area contributed by atoms with E-state index in [-0.39, 0.29) is 23.7 Å². The summed E-state index contributed by atoms with van der Waals surface area (Å²) in [6.45, 7) is 15.7. The predicted molar refractivity (Wildman–Crippen MR) is 397 cm³/mol. The van der Waals surface area contributed by atoms with Crippen LogP contribution in [0.3, 0.4) is 0 Å². The zero-order valence-electron chi connectivity index (χ0n) is 62.6. The number of fused-ring (bicyclic) bond motifs is 15. The Morgan fingerprint density at radius 1 is 0.224 bits per heavy atom. The van der Waals surface area contributed by atoms with E-state index in [0.717, 1.165) is 168 Å². The fourth-order valence-corrected chi connectivity index (χ4v) is 14.8. The van der Waals surface area contributed by atoms with Crippen molar-refractivity contribution in [3.05, 3.63) is 93.0 Å². The molecule has 3 aliphatic heterocycles. The first kappa shape index (κ1) is 80.4. The zero-order valence-corrected chi connectivity index (χ0v) is 62.6. The Labute approximate surface area is 593 Å². The third kappa shape index (κ3) is 26.5. The van der Waals surface area contributed by atoms with Gasteiger partial charge in [0.2, 0.25) is 0 Å². The van der Waals surface area contributed by atoms with Gasteiger partial charge in [0.25, 0.3) is 0 Å². The van der Waals surface area contributed by atoms with Crippen LogP contribution in [0.4, 0.5) is 0 Å². The number of benzene rings is 4. The maximum atomic E-state index is 7.17. The van der Waals surface area contributed by atoms with Crippen molar-refractivity contribution in [2.45, 2.75) is 257 Å². The summed E-state index contributed by atoms with van der Waals surface area (Å²) in [5, 5.41) is 0. The number of rotatable bonds is 36. The normalized spacial score (nSPS) is 18.5. The van der Waals surface area contributed by atoms with E-state index >= 15 is 0 Å². The van der Waals surface area contributed by atoms with Gasteiger partial charge in [-0.3, -0.25) is 0 Å². The Morgan fingerprint density at radius 2 is 0.398 bits per heavy atom. The SMILES string of the molecule is CCCCCCCCCC1c2cc3c(cc2OC)OCCOCCOCCOCCOc2cc(OC)c(cc21)C(CCCCCCCCC)c1cc2c(OC)cc1OCCOCCOCCOCCOc1cc(OC)c(cc1C2CCCCCCCCC)C3CCCCCCCCC. The minimum atomic E-state index is -0.186. The average Bonchev–Trinajstić information content (AvgIpc) is 0.752. The summed E-state index contributed by atoms with van der Waals surface area (Å²) in [5.74, 6) is 5.48. The molecule has 14 heteroatoms. The molecule has 14 nitrogen and oxygen atoms in total. The minimum Gasteiger partial charge on any atom is -0.496 e. The highest BCUT2D eigenvalue weighted by atomic mass is 16.6. The monoisotopic (exact) mass is 1360 g/mol. The lowest BCUT2D eigenvalue weighted by Gasteiger charge is -2.32. The van der Waals surface area contributed by atoms with Crippen molar-refractivity contribution in [2.75, 3.05) is 134 Å². The molecule has 0 saturated heterocycles. The van der Waals surface area contributed by atoms with Crippen LogP contribution in [0.15, 0.2) is 48.5 Å². The first-order chi connectivity index (χ1) is 48.4. The lowest BCUT2D eigenvalue weighted by molar-refractivity contribution is 0.00483. The van der Waals surface area contributed by atoms with E-state index < -0.39 is 0 Å². The molecule has 8 rings (SSSR count). The molecule has 0 fully saturated rings. The molecular weight excluding hydrogens is 1230 g/mol. The molecule has 0 spiro atoms. The van der Waals surface area contributed by atoms with Crippen LogP contribution in [0, 0.1) is 0 Å². The van der Waals surface area contributed by atoms with Crippen molar-refractivity contribution in [1.82, 2.24) is 0 Å². The lowest BCUT2D eigenvalue weighted by atomic mass is 9.76. The molecule has 4 unspecified atom stereocenters. The Morgan fingerprint density at radius 3 is 0.582 bits per heavy atom. The van der Waals surface area contributed by atoms with E-state index in [1.807, 2.05) is 28.4 Å². The van der Waals surface area contributed by atoms with E-state index in [1.165, 1.54) is 128 Å². The first-order valence-corrected chi connectivity index (χ1v) is 39.3. The summed E-state index contributed by atoms with van der Waals surface area (Å²) in [4.78, 5) is 0. The molecule has 98 heavy (non-hydrogen) atoms. The Hall–Kier alpha value is -4.96. The average molecular weight is 1370 g/mol. The molecule has 4 atom stereocenters. The van der Waals surface area contributed by atoms with Crippen molar-refractivity contribution in [1.29, 1.82) is 0 Å². The maximum absolute atomic E-state index is 7.17. The molecule has 1 aliphatic carbocycles. The highest BCUT2D eigenvalue weighted by Crippen LogP contribution is 2.54. The van der Waals surface area contributed by atoms with Gasteiger partial charge in [-0.2, -0.15) is 0 Å². The minimum absolute atomic E-state index is 0.181. The standard InChI is InChI=1S/C84H132O14/c1-9-13-17-21-25-29-33-37-65-69-57-75-68(40-36-32-28-24-20-16-12-4)72-60-74-66(38-34-30-26-22-18-14-10-2)70-58-76(84(62-78(70)86-6)98-56-52-94-48-44-90-42-46-92-50-54-96-82(74)64-80(72)88-8)67(39-35-31-27-23-19-15-11-3)71-59-73(65)81(63-79(71)87-7)95-53-49-91-45-41-89-43-47-93-51-55-97-83(75)61-77(69)85-5/h57-68H,9-56H2,1-8H3. The molecule has 10 bridgehead atoms. The van der Waals surface area contributed by atoms with Gasteiger partial charge in [0.1, 0.15) is 72.4 Å². The second-order valence-electron chi connectivity index (χ2n) is 27.4. The molecule has 552 valence electrons. The molecular formula is C84H132O14. The van der Waals surface area contributed by atoms with Gasteiger partial charge in [0, 0.05) is 92.4 Å². The molecule has 0 saturated carbocycles. The topological polar surface area (TPSA) is 129 Å². The van der Waals surface area contributed by atoms with Gasteiger partial charge in [-0.1, -0.05) is 207 Å². The second-order valence-corrected chi connectivity index (χ2v) is 27.4. The van der Waals surface area contributed by atoms with Crippen molar-refractivity contribution in [2.24, 2.45) is 0 Å². The predicted octanol–water partition coefficient (Wildman–Crippen LogP) is 20.8. The fourth-order valence-electron chi connectivity index (χ4n) is 14.8. The van der Waals surface area contributed by atoms with Crippen LogP contribution in [0.5, 0.6) is 46.0 Å². The Kier molecular flexibility index (Phi) is 40.0. The highest BCUT2D eigenvalue weighted by molar-refractivity contribution is 5.63. The fraction of sp³-hybridized carbons (Fsp3) is 0.714. The van der Waals surface area contributed by atoms with E-state index in [0.29, 0.717) is 106 Å². The van der Waals surface area contributed by atoms with Crippen LogP contribution < -0.4 is 37.9 Å². The third-order valence-corrected chi connectivity index (χ3v) is 20.3. The number of hydrogen-bond acceptors (Lipinski definition) is 14. The molecule has 4 aromatic rings. The summed E-state index contributed by atoms with van der Waals surface area (Å²) < 4.78 is 92.8. The molecule has 4 aromatic carbocycles. The van der Waals surface area contributed by atoms with Crippen molar-refractivity contribution in [3.8, 4) is 46.0 Å². The van der Waals surface area contributed by atoms with Crippen LogP contribution >= 0.6 is 0 Å². The van der Waals surface area contributed by atoms with Gasteiger partial charge in [-0.25, -0.2) is 0 Å². The molecule has 0 radical (unpaired) electrons. The quantitative estimate of drug-likeness (QED) is 0.0316. The molecule has 3 heterocycles. The van der Waals surface area contributed by atoms with Gasteiger partial charge in [0.15, 0.2) is 0 Å². The molecule has 0 amide bonds. The highest BCUT2D eigenvalue weighted by Gasteiger charge is 2.35. The Bertz CT molecular complexity index is 2560. The van der Waals surface area contributed by atoms with Gasteiger partial charge >= 0.3 is 0 Å². The largest absolute Gasteiger partial charge is 0.496 e. The van der Waals surface area contributed by atoms with Crippen LogP contribution in [0.25, 0.3) is 0 Å². The van der Waals surface area contributed by atoms with Gasteiger partial charge < -0.3 is 66.3 Å². The van der Waals surface area contributed by atoms with E-state index in [9.17, 15) is 0 Å². The Balaban J connectivity index is 1.63. The van der Waals surface area contributed by atoms with Gasteiger partial charge in [-0.05, 0) is 49.9 Å². The van der Waals surface area contributed by atoms with Crippen molar-refractivity contribution >= 4 is 0 Å².